The van der Waals surface area contributed by atoms with Crippen LogP contribution in [0.3, 0.4) is 0 Å². The minimum absolute atomic E-state index is 0.0707. The zero-order valence-electron chi connectivity index (χ0n) is 11.4. The monoisotopic (exact) mass is 291 g/mol. The number of ether oxygens (including phenoxy) is 2. The van der Waals surface area contributed by atoms with Crippen molar-refractivity contribution in [2.75, 3.05) is 12.3 Å². The molecule has 2 N–H and O–H groups in total. The molecule has 0 bridgehead atoms. The zero-order chi connectivity index (χ0) is 15.6. The van der Waals surface area contributed by atoms with Crippen LogP contribution in [-0.4, -0.2) is 18.2 Å². The van der Waals surface area contributed by atoms with E-state index in [1.807, 2.05) is 0 Å². The Morgan fingerprint density at radius 3 is 2.30 bits per heavy atom. The number of rotatable bonds is 3. The van der Waals surface area contributed by atoms with E-state index in [0.29, 0.717) is 0 Å². The third-order valence-corrected chi connectivity index (χ3v) is 2.11. The summed E-state index contributed by atoms with van der Waals surface area (Å²) in [6.07, 6.45) is -4.52. The average molecular weight is 291 g/mol. The summed E-state index contributed by atoms with van der Waals surface area (Å²) < 4.78 is 47.5. The van der Waals surface area contributed by atoms with Gasteiger partial charge < -0.3 is 15.2 Å². The smallest absolute Gasteiger partial charge is 0.418 e. The van der Waals surface area contributed by atoms with Crippen LogP contribution in [0.25, 0.3) is 0 Å². The van der Waals surface area contributed by atoms with Gasteiger partial charge in [0.25, 0.3) is 0 Å². The topological polar surface area (TPSA) is 61.5 Å². The fourth-order valence-electron chi connectivity index (χ4n) is 1.40. The highest BCUT2D eigenvalue weighted by Crippen LogP contribution is 2.35. The first kappa shape index (κ1) is 16.1. The van der Waals surface area contributed by atoms with E-state index in [0.717, 1.165) is 18.2 Å². The van der Waals surface area contributed by atoms with E-state index in [1.54, 1.807) is 20.8 Å². The Hall–Kier alpha value is -1.92. The normalized spacial score (nSPS) is 12.1. The first-order valence-corrected chi connectivity index (χ1v) is 5.80. The van der Waals surface area contributed by atoms with Crippen molar-refractivity contribution in [1.29, 1.82) is 0 Å². The Kier molecular flexibility index (Phi) is 4.52. The summed E-state index contributed by atoms with van der Waals surface area (Å²) in [7, 11) is 0. The molecule has 1 aromatic rings. The maximum atomic E-state index is 12.5. The predicted octanol–water partition coefficient (Wildman–Crippen LogP) is 3.01. The molecular weight excluding hydrogens is 275 g/mol. The number of nitrogen functional groups attached to an aromatic ring is 1. The van der Waals surface area contributed by atoms with Crippen LogP contribution in [0.2, 0.25) is 0 Å². The van der Waals surface area contributed by atoms with E-state index in [9.17, 15) is 18.0 Å². The van der Waals surface area contributed by atoms with Crippen molar-refractivity contribution in [2.45, 2.75) is 32.5 Å². The molecule has 20 heavy (non-hydrogen) atoms. The number of carbonyl (C=O) groups excluding carboxylic acids is 1. The number of anilines is 1. The molecule has 7 heteroatoms. The van der Waals surface area contributed by atoms with Gasteiger partial charge in [-0.1, -0.05) is 0 Å². The quantitative estimate of drug-likeness (QED) is 0.687. The van der Waals surface area contributed by atoms with Gasteiger partial charge in [-0.05, 0) is 32.9 Å². The Bertz CT molecular complexity index is 493. The number of carbonyl (C=O) groups is 1. The highest BCUT2D eigenvalue weighted by Gasteiger charge is 2.32. The molecule has 0 saturated carbocycles. The fourth-order valence-corrected chi connectivity index (χ4v) is 1.40. The molecule has 1 rings (SSSR count). The van der Waals surface area contributed by atoms with Crippen molar-refractivity contribution in [3.63, 3.8) is 0 Å². The molecule has 0 unspecified atom stereocenters. The van der Waals surface area contributed by atoms with E-state index in [4.69, 9.17) is 15.2 Å². The number of esters is 1. The Morgan fingerprint density at radius 1 is 1.25 bits per heavy atom. The van der Waals surface area contributed by atoms with Crippen molar-refractivity contribution in [3.05, 3.63) is 23.8 Å². The van der Waals surface area contributed by atoms with Crippen molar-refractivity contribution < 1.29 is 27.4 Å². The molecule has 0 radical (unpaired) electrons. The van der Waals surface area contributed by atoms with Gasteiger partial charge in [0.15, 0.2) is 6.61 Å². The average Bonchev–Trinajstić information content (AvgIpc) is 2.22. The highest BCUT2D eigenvalue weighted by atomic mass is 19.4. The van der Waals surface area contributed by atoms with Gasteiger partial charge in [-0.2, -0.15) is 13.2 Å². The number of hydrogen-bond acceptors (Lipinski definition) is 4. The second-order valence-electron chi connectivity index (χ2n) is 5.12. The van der Waals surface area contributed by atoms with Gasteiger partial charge in [-0.15, -0.1) is 0 Å². The van der Waals surface area contributed by atoms with Crippen molar-refractivity contribution in [1.82, 2.24) is 0 Å². The molecule has 0 heterocycles. The Labute approximate surface area is 114 Å². The van der Waals surface area contributed by atoms with Gasteiger partial charge in [0.2, 0.25) is 0 Å². The Morgan fingerprint density at radius 2 is 1.85 bits per heavy atom. The second-order valence-corrected chi connectivity index (χ2v) is 5.12. The summed E-state index contributed by atoms with van der Waals surface area (Å²) in [5.41, 5.74) is 3.24. The number of hydrogen-bond donors (Lipinski definition) is 1. The molecule has 0 spiro atoms. The SMILES string of the molecule is CC(C)(C)OC(=O)COc1ccc(C(F)(F)F)c(N)c1. The standard InChI is InChI=1S/C13H16F3NO3/c1-12(2,3)20-11(18)7-19-8-4-5-9(10(17)6-8)13(14,15)16/h4-6H,7,17H2,1-3H3. The van der Waals surface area contributed by atoms with E-state index in [2.05, 4.69) is 0 Å². The maximum absolute atomic E-state index is 12.5. The molecule has 0 amide bonds. The molecule has 0 fully saturated rings. The van der Waals surface area contributed by atoms with Crippen LogP contribution in [0.5, 0.6) is 5.75 Å². The molecular formula is C13H16F3NO3. The van der Waals surface area contributed by atoms with Gasteiger partial charge in [0.1, 0.15) is 11.4 Å². The summed E-state index contributed by atoms with van der Waals surface area (Å²) in [4.78, 5) is 11.4. The first-order valence-electron chi connectivity index (χ1n) is 5.80. The molecule has 112 valence electrons. The van der Waals surface area contributed by atoms with Crippen LogP contribution in [0, 0.1) is 0 Å². The number of nitrogens with two attached hydrogens (primary N) is 1. The lowest BCUT2D eigenvalue weighted by molar-refractivity contribution is -0.157. The molecule has 0 atom stereocenters. The van der Waals surface area contributed by atoms with Crippen molar-refractivity contribution >= 4 is 11.7 Å². The van der Waals surface area contributed by atoms with Crippen LogP contribution in [0.1, 0.15) is 26.3 Å². The summed E-state index contributed by atoms with van der Waals surface area (Å²) in [6, 6.07) is 2.93. The molecule has 0 saturated heterocycles. The minimum Gasteiger partial charge on any atom is -0.482 e. The van der Waals surface area contributed by atoms with Gasteiger partial charge in [-0.3, -0.25) is 0 Å². The van der Waals surface area contributed by atoms with Crippen LogP contribution >= 0.6 is 0 Å². The maximum Gasteiger partial charge on any atom is 0.418 e. The third kappa shape index (κ3) is 4.99. The molecule has 0 aliphatic heterocycles. The van der Waals surface area contributed by atoms with Gasteiger partial charge >= 0.3 is 12.1 Å². The lowest BCUT2D eigenvalue weighted by atomic mass is 10.1. The van der Waals surface area contributed by atoms with Crippen molar-refractivity contribution in [3.8, 4) is 5.75 Å². The first-order chi connectivity index (χ1) is 8.99. The lowest BCUT2D eigenvalue weighted by Gasteiger charge is -2.19. The number of benzene rings is 1. The highest BCUT2D eigenvalue weighted by molar-refractivity contribution is 5.71. The number of alkyl halides is 3. The summed E-state index contributed by atoms with van der Waals surface area (Å²) in [5.74, 6) is -0.544. The number of halogens is 3. The van der Waals surface area contributed by atoms with Crippen LogP contribution in [-0.2, 0) is 15.7 Å². The second kappa shape index (κ2) is 5.60. The third-order valence-electron chi connectivity index (χ3n) is 2.11. The molecule has 1 aromatic carbocycles. The van der Waals surface area contributed by atoms with E-state index < -0.39 is 35.6 Å². The summed E-state index contributed by atoms with van der Waals surface area (Å²) in [6.45, 7) is 4.69. The summed E-state index contributed by atoms with van der Waals surface area (Å²) in [5, 5.41) is 0. The van der Waals surface area contributed by atoms with Gasteiger partial charge in [0, 0.05) is 11.8 Å². The fraction of sp³-hybridized carbons (Fsp3) is 0.462. The molecule has 0 aliphatic carbocycles. The molecule has 0 aliphatic rings. The van der Waals surface area contributed by atoms with E-state index in [1.165, 1.54) is 0 Å². The predicted molar refractivity (Wildman–Crippen MR) is 67.2 cm³/mol. The minimum atomic E-state index is -4.52. The zero-order valence-corrected chi connectivity index (χ0v) is 11.4. The Balaban J connectivity index is 2.67. The summed E-state index contributed by atoms with van der Waals surface area (Å²) >= 11 is 0. The molecule has 4 nitrogen and oxygen atoms in total. The van der Waals surface area contributed by atoms with Crippen LogP contribution in [0.15, 0.2) is 18.2 Å². The van der Waals surface area contributed by atoms with Crippen LogP contribution in [0.4, 0.5) is 18.9 Å². The van der Waals surface area contributed by atoms with E-state index >= 15 is 0 Å². The van der Waals surface area contributed by atoms with Crippen LogP contribution < -0.4 is 10.5 Å². The van der Waals surface area contributed by atoms with Crippen molar-refractivity contribution in [2.24, 2.45) is 0 Å². The van der Waals surface area contributed by atoms with E-state index in [-0.39, 0.29) is 5.75 Å². The largest absolute Gasteiger partial charge is 0.482 e. The van der Waals surface area contributed by atoms with Gasteiger partial charge in [0.05, 0.1) is 5.56 Å². The molecule has 0 aromatic heterocycles. The lowest BCUT2D eigenvalue weighted by Crippen LogP contribution is -2.27. The van der Waals surface area contributed by atoms with Gasteiger partial charge in [-0.25, -0.2) is 4.79 Å².